The van der Waals surface area contributed by atoms with Gasteiger partial charge in [0.1, 0.15) is 13.2 Å². The lowest BCUT2D eigenvalue weighted by molar-refractivity contribution is 0.172. The van der Waals surface area contributed by atoms with Gasteiger partial charge >= 0.3 is 0 Å². The third kappa shape index (κ3) is 1.59. The molecular formula is C13H14N2O3. The standard InChI is InChI=1S/C13H14N2O3/c1-7-5-10-13(17-4-3-16-10)12(8(7)2)9-6-11(14)15-18-9/h5-6H,3-4H2,1-2H3,(H2,14,15). The zero-order chi connectivity index (χ0) is 12.7. The van der Waals surface area contributed by atoms with E-state index in [1.807, 2.05) is 19.9 Å². The number of nitrogens with two attached hydrogens (primary N) is 1. The Balaban J connectivity index is 2.26. The van der Waals surface area contributed by atoms with Crippen LogP contribution in [-0.4, -0.2) is 18.4 Å². The highest BCUT2D eigenvalue weighted by Crippen LogP contribution is 2.43. The first-order valence-electron chi connectivity index (χ1n) is 5.79. The molecule has 5 heteroatoms. The van der Waals surface area contributed by atoms with E-state index < -0.39 is 0 Å². The lowest BCUT2D eigenvalue weighted by atomic mass is 9.99. The number of nitrogen functional groups attached to an aromatic ring is 1. The maximum Gasteiger partial charge on any atom is 0.173 e. The SMILES string of the molecule is Cc1cc2c(c(-c3cc(N)no3)c1C)OCCO2. The van der Waals surface area contributed by atoms with Crippen LogP contribution in [0.3, 0.4) is 0 Å². The molecule has 0 aliphatic carbocycles. The first-order chi connectivity index (χ1) is 8.66. The summed E-state index contributed by atoms with van der Waals surface area (Å²) in [6.45, 7) is 5.14. The lowest BCUT2D eigenvalue weighted by Crippen LogP contribution is -2.16. The monoisotopic (exact) mass is 246 g/mol. The second-order valence-corrected chi connectivity index (χ2v) is 4.33. The van der Waals surface area contributed by atoms with Crippen LogP contribution in [0.4, 0.5) is 5.82 Å². The van der Waals surface area contributed by atoms with Crippen molar-refractivity contribution in [2.24, 2.45) is 0 Å². The Morgan fingerprint density at radius 3 is 2.67 bits per heavy atom. The zero-order valence-electron chi connectivity index (χ0n) is 10.3. The van der Waals surface area contributed by atoms with Gasteiger partial charge in [-0.1, -0.05) is 5.16 Å². The van der Waals surface area contributed by atoms with Gasteiger partial charge in [0.05, 0.1) is 5.56 Å². The van der Waals surface area contributed by atoms with E-state index in [2.05, 4.69) is 5.16 Å². The Labute approximate surface area is 104 Å². The van der Waals surface area contributed by atoms with Crippen molar-refractivity contribution in [3.8, 4) is 22.8 Å². The zero-order valence-corrected chi connectivity index (χ0v) is 10.3. The van der Waals surface area contributed by atoms with E-state index in [0.717, 1.165) is 22.4 Å². The van der Waals surface area contributed by atoms with Crippen molar-refractivity contribution in [1.82, 2.24) is 5.16 Å². The topological polar surface area (TPSA) is 70.5 Å². The fourth-order valence-corrected chi connectivity index (χ4v) is 2.11. The molecular weight excluding hydrogens is 232 g/mol. The van der Waals surface area contributed by atoms with Crippen molar-refractivity contribution < 1.29 is 14.0 Å². The normalized spacial score (nSPS) is 13.7. The van der Waals surface area contributed by atoms with Crippen molar-refractivity contribution in [1.29, 1.82) is 0 Å². The molecule has 18 heavy (non-hydrogen) atoms. The molecule has 0 spiro atoms. The number of fused-ring (bicyclic) bond motifs is 1. The van der Waals surface area contributed by atoms with Crippen molar-refractivity contribution >= 4 is 5.82 Å². The molecule has 2 heterocycles. The van der Waals surface area contributed by atoms with Gasteiger partial charge in [-0.05, 0) is 31.0 Å². The largest absolute Gasteiger partial charge is 0.486 e. The third-order valence-electron chi connectivity index (χ3n) is 3.13. The smallest absolute Gasteiger partial charge is 0.173 e. The number of hydrogen-bond donors (Lipinski definition) is 1. The first-order valence-corrected chi connectivity index (χ1v) is 5.79. The maximum absolute atomic E-state index is 5.70. The Kier molecular flexibility index (Phi) is 2.40. The fraction of sp³-hybridized carbons (Fsp3) is 0.308. The number of nitrogens with zero attached hydrogens (tertiary/aromatic N) is 1. The van der Waals surface area contributed by atoms with Gasteiger partial charge in [0.25, 0.3) is 0 Å². The van der Waals surface area contributed by atoms with Crippen LogP contribution in [0.25, 0.3) is 11.3 Å². The molecule has 0 atom stereocenters. The molecule has 0 bridgehead atoms. The second-order valence-electron chi connectivity index (χ2n) is 4.33. The number of hydrogen-bond acceptors (Lipinski definition) is 5. The molecule has 0 fully saturated rings. The Morgan fingerprint density at radius 2 is 1.94 bits per heavy atom. The third-order valence-corrected chi connectivity index (χ3v) is 3.13. The van der Waals surface area contributed by atoms with Crippen molar-refractivity contribution in [2.45, 2.75) is 13.8 Å². The average Bonchev–Trinajstić information content (AvgIpc) is 2.77. The molecule has 0 saturated carbocycles. The molecule has 2 aromatic rings. The molecule has 1 aromatic heterocycles. The van der Waals surface area contributed by atoms with E-state index in [0.29, 0.717) is 30.5 Å². The van der Waals surface area contributed by atoms with Crippen LogP contribution in [-0.2, 0) is 0 Å². The van der Waals surface area contributed by atoms with Crippen LogP contribution in [0, 0.1) is 13.8 Å². The van der Waals surface area contributed by atoms with Gasteiger partial charge in [0.15, 0.2) is 23.1 Å². The van der Waals surface area contributed by atoms with E-state index in [1.54, 1.807) is 6.07 Å². The van der Waals surface area contributed by atoms with E-state index in [1.165, 1.54) is 0 Å². The number of ether oxygens (including phenoxy) is 2. The van der Waals surface area contributed by atoms with Crippen LogP contribution in [0.15, 0.2) is 16.7 Å². The molecule has 2 N–H and O–H groups in total. The van der Waals surface area contributed by atoms with Crippen LogP contribution in [0.2, 0.25) is 0 Å². The van der Waals surface area contributed by atoms with Gasteiger partial charge in [-0.3, -0.25) is 0 Å². The quantitative estimate of drug-likeness (QED) is 0.836. The molecule has 0 unspecified atom stereocenters. The summed E-state index contributed by atoms with van der Waals surface area (Å²) in [5.74, 6) is 2.42. The minimum atomic E-state index is 0.358. The molecule has 1 aliphatic heterocycles. The number of aromatic nitrogens is 1. The highest BCUT2D eigenvalue weighted by atomic mass is 16.6. The summed E-state index contributed by atoms with van der Waals surface area (Å²) >= 11 is 0. The fourth-order valence-electron chi connectivity index (χ4n) is 2.11. The van der Waals surface area contributed by atoms with E-state index >= 15 is 0 Å². The van der Waals surface area contributed by atoms with Crippen LogP contribution < -0.4 is 15.2 Å². The summed E-state index contributed by atoms with van der Waals surface area (Å²) in [6, 6.07) is 3.67. The Morgan fingerprint density at radius 1 is 1.17 bits per heavy atom. The van der Waals surface area contributed by atoms with Gasteiger partial charge in [0, 0.05) is 6.07 Å². The highest BCUT2D eigenvalue weighted by molar-refractivity contribution is 5.76. The Bertz CT molecular complexity index is 605. The second kappa shape index (κ2) is 3.94. The molecule has 0 radical (unpaired) electrons. The van der Waals surface area contributed by atoms with Gasteiger partial charge in [0.2, 0.25) is 0 Å². The van der Waals surface area contributed by atoms with Crippen molar-refractivity contribution in [2.75, 3.05) is 18.9 Å². The molecule has 1 aliphatic rings. The average molecular weight is 246 g/mol. The summed E-state index contributed by atoms with van der Waals surface area (Å²) in [5.41, 5.74) is 8.67. The predicted molar refractivity (Wildman–Crippen MR) is 66.8 cm³/mol. The molecule has 0 saturated heterocycles. The predicted octanol–water partition coefficient (Wildman–Crippen LogP) is 2.31. The van der Waals surface area contributed by atoms with E-state index in [4.69, 9.17) is 19.7 Å². The summed E-state index contributed by atoms with van der Waals surface area (Å²) < 4.78 is 16.6. The van der Waals surface area contributed by atoms with Gasteiger partial charge in [-0.2, -0.15) is 0 Å². The van der Waals surface area contributed by atoms with E-state index in [-0.39, 0.29) is 0 Å². The molecule has 94 valence electrons. The first kappa shape index (κ1) is 11.0. The van der Waals surface area contributed by atoms with Crippen LogP contribution in [0.5, 0.6) is 11.5 Å². The maximum atomic E-state index is 5.70. The minimum Gasteiger partial charge on any atom is -0.486 e. The van der Waals surface area contributed by atoms with Gasteiger partial charge in [-0.15, -0.1) is 0 Å². The van der Waals surface area contributed by atoms with E-state index in [9.17, 15) is 0 Å². The number of benzene rings is 1. The molecule has 5 nitrogen and oxygen atoms in total. The van der Waals surface area contributed by atoms with Crippen molar-refractivity contribution in [3.05, 3.63) is 23.3 Å². The number of aryl methyl sites for hydroxylation is 1. The number of anilines is 1. The molecule has 0 amide bonds. The molecule has 3 rings (SSSR count). The van der Waals surface area contributed by atoms with Crippen LogP contribution in [0.1, 0.15) is 11.1 Å². The van der Waals surface area contributed by atoms with Gasteiger partial charge in [-0.25, -0.2) is 0 Å². The lowest BCUT2D eigenvalue weighted by Gasteiger charge is -2.22. The molecule has 1 aromatic carbocycles. The minimum absolute atomic E-state index is 0.358. The number of rotatable bonds is 1. The van der Waals surface area contributed by atoms with Crippen LogP contribution >= 0.6 is 0 Å². The summed E-state index contributed by atoms with van der Waals surface area (Å²) in [4.78, 5) is 0. The summed E-state index contributed by atoms with van der Waals surface area (Å²) in [6.07, 6.45) is 0. The highest BCUT2D eigenvalue weighted by Gasteiger charge is 2.23. The van der Waals surface area contributed by atoms with Gasteiger partial charge < -0.3 is 19.7 Å². The summed E-state index contributed by atoms with van der Waals surface area (Å²) in [5, 5.41) is 3.72. The summed E-state index contributed by atoms with van der Waals surface area (Å²) in [7, 11) is 0. The van der Waals surface area contributed by atoms with Crippen molar-refractivity contribution in [3.63, 3.8) is 0 Å². The Hall–Kier alpha value is -2.17.